The Morgan fingerprint density at radius 1 is 1.37 bits per heavy atom. The molecular formula is C13H21NO5. The van der Waals surface area contributed by atoms with Crippen LogP contribution in [-0.2, 0) is 14.3 Å². The Labute approximate surface area is 112 Å². The van der Waals surface area contributed by atoms with Crippen molar-refractivity contribution in [1.82, 2.24) is 4.90 Å². The maximum atomic E-state index is 12.3. The van der Waals surface area contributed by atoms with E-state index in [1.165, 1.54) is 12.0 Å². The summed E-state index contributed by atoms with van der Waals surface area (Å²) in [5.74, 6) is -0.564. The monoisotopic (exact) mass is 271 g/mol. The molecule has 0 saturated carbocycles. The van der Waals surface area contributed by atoms with Crippen LogP contribution in [0.25, 0.3) is 0 Å². The molecule has 2 heterocycles. The Morgan fingerprint density at radius 3 is 2.47 bits per heavy atom. The van der Waals surface area contributed by atoms with Crippen LogP contribution in [0.2, 0.25) is 0 Å². The van der Waals surface area contributed by atoms with Crippen LogP contribution in [0.5, 0.6) is 0 Å². The second-order valence-corrected chi connectivity index (χ2v) is 6.21. The van der Waals surface area contributed by atoms with Gasteiger partial charge in [0.1, 0.15) is 5.60 Å². The lowest BCUT2D eigenvalue weighted by molar-refractivity contribution is -0.157. The largest absolute Gasteiger partial charge is 0.467 e. The average Bonchev–Trinajstić information content (AvgIpc) is 2.78. The van der Waals surface area contributed by atoms with Gasteiger partial charge < -0.3 is 14.6 Å². The lowest BCUT2D eigenvalue weighted by atomic mass is 9.85. The third-order valence-corrected chi connectivity index (χ3v) is 3.83. The highest BCUT2D eigenvalue weighted by molar-refractivity contribution is 5.88. The Hall–Kier alpha value is -1.30. The minimum absolute atomic E-state index is 0.149. The molecule has 0 radical (unpaired) electrons. The minimum Gasteiger partial charge on any atom is -0.467 e. The first-order valence-electron chi connectivity index (χ1n) is 6.51. The van der Waals surface area contributed by atoms with Crippen LogP contribution >= 0.6 is 0 Å². The number of rotatable bonds is 1. The molecule has 2 rings (SSSR count). The molecule has 2 saturated heterocycles. The van der Waals surface area contributed by atoms with E-state index in [2.05, 4.69) is 0 Å². The molecule has 0 aromatic carbocycles. The van der Waals surface area contributed by atoms with Gasteiger partial charge in [-0.3, -0.25) is 4.90 Å². The standard InChI is InChI=1S/C13H21NO5/c1-12(2,3)19-11(17)14-8-5-6-13(14,9(15)7-8)10(16)18-4/h8-9,15H,5-7H2,1-4H3/t8-,9+,13+/m0/s1. The average molecular weight is 271 g/mol. The predicted octanol–water partition coefficient (Wildman–Crippen LogP) is 1.06. The molecule has 19 heavy (non-hydrogen) atoms. The van der Waals surface area contributed by atoms with Crippen molar-refractivity contribution in [2.45, 2.75) is 63.3 Å². The van der Waals surface area contributed by atoms with Crippen molar-refractivity contribution < 1.29 is 24.2 Å². The number of esters is 1. The number of carbonyl (C=O) groups is 2. The van der Waals surface area contributed by atoms with Gasteiger partial charge in [0, 0.05) is 6.04 Å². The second kappa shape index (κ2) is 4.37. The molecule has 2 bridgehead atoms. The fourth-order valence-electron chi connectivity index (χ4n) is 3.10. The van der Waals surface area contributed by atoms with E-state index >= 15 is 0 Å². The summed E-state index contributed by atoms with van der Waals surface area (Å²) in [5, 5.41) is 10.1. The van der Waals surface area contributed by atoms with Gasteiger partial charge in [0.05, 0.1) is 13.2 Å². The number of methoxy groups -OCH3 is 1. The van der Waals surface area contributed by atoms with E-state index in [-0.39, 0.29) is 6.04 Å². The molecular weight excluding hydrogens is 250 g/mol. The normalized spacial score (nSPS) is 33.4. The summed E-state index contributed by atoms with van der Waals surface area (Å²) in [5.41, 5.74) is -1.90. The molecule has 0 spiro atoms. The molecule has 2 aliphatic heterocycles. The van der Waals surface area contributed by atoms with Crippen LogP contribution < -0.4 is 0 Å². The highest BCUT2D eigenvalue weighted by atomic mass is 16.6. The van der Waals surface area contributed by atoms with Gasteiger partial charge in [0.15, 0.2) is 5.54 Å². The first-order valence-corrected chi connectivity index (χ1v) is 6.51. The van der Waals surface area contributed by atoms with Gasteiger partial charge in [-0.25, -0.2) is 9.59 Å². The highest BCUT2D eigenvalue weighted by Crippen LogP contribution is 2.47. The van der Waals surface area contributed by atoms with E-state index < -0.39 is 29.3 Å². The van der Waals surface area contributed by atoms with Crippen molar-refractivity contribution >= 4 is 12.1 Å². The highest BCUT2D eigenvalue weighted by Gasteiger charge is 2.65. The number of carbonyl (C=O) groups excluding carboxylic acids is 2. The third-order valence-electron chi connectivity index (χ3n) is 3.83. The Morgan fingerprint density at radius 2 is 2.00 bits per heavy atom. The van der Waals surface area contributed by atoms with E-state index in [1.54, 1.807) is 20.8 Å². The molecule has 2 aliphatic rings. The molecule has 0 aromatic heterocycles. The first-order chi connectivity index (χ1) is 8.72. The first kappa shape index (κ1) is 14.1. The Balaban J connectivity index is 2.29. The zero-order valence-corrected chi connectivity index (χ0v) is 11.8. The van der Waals surface area contributed by atoms with E-state index in [1.807, 2.05) is 0 Å². The molecule has 1 N–H and O–H groups in total. The molecule has 6 nitrogen and oxygen atoms in total. The number of aliphatic hydroxyl groups excluding tert-OH is 1. The number of amides is 1. The fourth-order valence-corrected chi connectivity index (χ4v) is 3.10. The van der Waals surface area contributed by atoms with Crippen LogP contribution in [0, 0.1) is 0 Å². The van der Waals surface area contributed by atoms with Gasteiger partial charge in [-0.1, -0.05) is 0 Å². The summed E-state index contributed by atoms with van der Waals surface area (Å²) >= 11 is 0. The number of hydrogen-bond donors (Lipinski definition) is 1. The maximum absolute atomic E-state index is 12.3. The van der Waals surface area contributed by atoms with E-state index in [4.69, 9.17) is 9.47 Å². The topological polar surface area (TPSA) is 76.1 Å². The van der Waals surface area contributed by atoms with E-state index in [0.29, 0.717) is 19.3 Å². The summed E-state index contributed by atoms with van der Waals surface area (Å²) < 4.78 is 10.1. The van der Waals surface area contributed by atoms with Crippen molar-refractivity contribution in [3.8, 4) is 0 Å². The smallest absolute Gasteiger partial charge is 0.411 e. The third kappa shape index (κ3) is 2.08. The summed E-state index contributed by atoms with van der Waals surface area (Å²) in [4.78, 5) is 25.7. The quantitative estimate of drug-likeness (QED) is 0.722. The summed E-state index contributed by atoms with van der Waals surface area (Å²) in [7, 11) is 1.27. The number of ether oxygens (including phenoxy) is 2. The van der Waals surface area contributed by atoms with Crippen molar-refractivity contribution in [2.24, 2.45) is 0 Å². The fraction of sp³-hybridized carbons (Fsp3) is 0.846. The number of fused-ring (bicyclic) bond motifs is 2. The number of hydrogen-bond acceptors (Lipinski definition) is 5. The van der Waals surface area contributed by atoms with Crippen LogP contribution in [0.3, 0.4) is 0 Å². The lowest BCUT2D eigenvalue weighted by Gasteiger charge is -2.35. The van der Waals surface area contributed by atoms with Crippen molar-refractivity contribution in [3.05, 3.63) is 0 Å². The lowest BCUT2D eigenvalue weighted by Crippen LogP contribution is -2.57. The van der Waals surface area contributed by atoms with Gasteiger partial charge in [0.2, 0.25) is 0 Å². The Bertz CT molecular complexity index is 402. The molecule has 6 heteroatoms. The minimum atomic E-state index is -1.26. The van der Waals surface area contributed by atoms with Gasteiger partial charge in [-0.15, -0.1) is 0 Å². The molecule has 0 unspecified atom stereocenters. The SMILES string of the molecule is COC(=O)[C@@]12CC[C@@H](C[C@H]1O)N2C(=O)OC(C)(C)C. The molecule has 108 valence electrons. The zero-order chi connectivity index (χ0) is 14.4. The zero-order valence-electron chi connectivity index (χ0n) is 11.8. The van der Waals surface area contributed by atoms with E-state index in [0.717, 1.165) is 0 Å². The molecule has 3 atom stereocenters. The van der Waals surface area contributed by atoms with Crippen LogP contribution in [-0.4, -0.2) is 52.5 Å². The van der Waals surface area contributed by atoms with Crippen molar-refractivity contribution in [2.75, 3.05) is 7.11 Å². The van der Waals surface area contributed by atoms with Gasteiger partial charge in [0.25, 0.3) is 0 Å². The molecule has 1 amide bonds. The summed E-state index contributed by atoms with van der Waals surface area (Å²) in [6.45, 7) is 5.30. The summed E-state index contributed by atoms with van der Waals surface area (Å²) in [6.07, 6.45) is 0.0629. The van der Waals surface area contributed by atoms with Crippen LogP contribution in [0.1, 0.15) is 40.0 Å². The molecule has 2 fully saturated rings. The molecule has 0 aliphatic carbocycles. The van der Waals surface area contributed by atoms with E-state index in [9.17, 15) is 14.7 Å². The Kier molecular flexibility index (Phi) is 3.24. The van der Waals surface area contributed by atoms with Crippen LogP contribution in [0.15, 0.2) is 0 Å². The van der Waals surface area contributed by atoms with Crippen molar-refractivity contribution in [1.29, 1.82) is 0 Å². The summed E-state index contributed by atoms with van der Waals surface area (Å²) in [6, 6.07) is -0.149. The van der Waals surface area contributed by atoms with Crippen molar-refractivity contribution in [3.63, 3.8) is 0 Å². The number of nitrogens with zero attached hydrogens (tertiary/aromatic N) is 1. The van der Waals surface area contributed by atoms with Gasteiger partial charge >= 0.3 is 12.1 Å². The van der Waals surface area contributed by atoms with Crippen LogP contribution in [0.4, 0.5) is 4.79 Å². The second-order valence-electron chi connectivity index (χ2n) is 6.21. The maximum Gasteiger partial charge on any atom is 0.411 e. The molecule has 0 aromatic rings. The predicted molar refractivity (Wildman–Crippen MR) is 66.5 cm³/mol. The number of aliphatic hydroxyl groups is 1. The van der Waals surface area contributed by atoms with Gasteiger partial charge in [-0.2, -0.15) is 0 Å². The van der Waals surface area contributed by atoms with Gasteiger partial charge in [-0.05, 0) is 40.0 Å².